The maximum absolute atomic E-state index is 14.1. The minimum Gasteiger partial charge on any atom is -0.444 e. The molecule has 16 heteroatoms. The number of benzene rings is 4. The Kier molecular flexibility index (Phi) is 13.3. The summed E-state index contributed by atoms with van der Waals surface area (Å²) in [4.78, 5) is 91.5. The molecule has 1 unspecified atom stereocenters. The van der Waals surface area contributed by atoms with E-state index in [1.165, 1.54) is 9.80 Å². The van der Waals surface area contributed by atoms with E-state index in [-0.39, 0.29) is 11.8 Å². The van der Waals surface area contributed by atoms with Crippen molar-refractivity contribution in [2.75, 3.05) is 23.7 Å². The topological polar surface area (TPSA) is 207 Å². The summed E-state index contributed by atoms with van der Waals surface area (Å²) < 4.78 is 10.9. The van der Waals surface area contributed by atoms with Gasteiger partial charge in [-0.25, -0.2) is 9.59 Å². The lowest BCUT2D eigenvalue weighted by Crippen LogP contribution is -2.49. The molecule has 0 aliphatic carbocycles. The van der Waals surface area contributed by atoms with Gasteiger partial charge in [0.25, 0.3) is 11.8 Å². The first kappa shape index (κ1) is 46.9. The Morgan fingerprint density at radius 2 is 0.926 bits per heavy atom. The van der Waals surface area contributed by atoms with Gasteiger partial charge in [0.15, 0.2) is 0 Å². The average Bonchev–Trinajstić information content (AvgIpc) is 4.12. The lowest BCUT2D eigenvalue weighted by Gasteiger charge is -2.29. The van der Waals surface area contributed by atoms with E-state index >= 15 is 0 Å². The van der Waals surface area contributed by atoms with Gasteiger partial charge in [-0.3, -0.25) is 19.2 Å². The quantitative estimate of drug-likeness (QED) is 0.0739. The molecule has 6 amide bonds. The van der Waals surface area contributed by atoms with Crippen LogP contribution in [-0.4, -0.2) is 92.0 Å². The Bertz CT molecular complexity index is 2650. The van der Waals surface area contributed by atoms with Gasteiger partial charge in [0.2, 0.25) is 11.8 Å². The molecule has 0 saturated carbocycles. The molecule has 4 heterocycles. The monoisotopic (exact) mass is 922 g/mol. The van der Waals surface area contributed by atoms with Crippen LogP contribution >= 0.6 is 0 Å². The number of alkyl carbamates (subject to hydrolysis) is 2. The smallest absolute Gasteiger partial charge is 0.408 e. The van der Waals surface area contributed by atoms with Crippen molar-refractivity contribution >= 4 is 69.0 Å². The first-order valence-electron chi connectivity index (χ1n) is 23.0. The third-order valence-electron chi connectivity index (χ3n) is 11.8. The number of aromatic nitrogens is 2. The van der Waals surface area contributed by atoms with Crippen LogP contribution in [0.5, 0.6) is 0 Å². The number of likely N-dealkylation sites (tertiary alicyclic amines) is 2. The highest BCUT2D eigenvalue weighted by Gasteiger charge is 2.40. The van der Waals surface area contributed by atoms with Crippen molar-refractivity contribution in [2.45, 2.75) is 103 Å². The first-order valence-corrected chi connectivity index (χ1v) is 23.0. The van der Waals surface area contributed by atoms with Gasteiger partial charge < -0.3 is 50.5 Å². The summed E-state index contributed by atoms with van der Waals surface area (Å²) >= 11 is 0. The van der Waals surface area contributed by atoms with Crippen LogP contribution in [0.4, 0.5) is 21.0 Å². The number of amides is 6. The van der Waals surface area contributed by atoms with Crippen LogP contribution in [0.25, 0.3) is 33.2 Å². The van der Waals surface area contributed by atoms with Crippen molar-refractivity contribution in [3.05, 3.63) is 120 Å². The number of nitrogens with one attached hydrogen (secondary N) is 6. The zero-order valence-electron chi connectivity index (χ0n) is 39.1. The molecule has 6 N–H and O–H groups in total. The minimum atomic E-state index is -1.04. The molecule has 354 valence electrons. The fraction of sp³-hybridized carbons (Fsp3) is 0.346. The van der Waals surface area contributed by atoms with Crippen LogP contribution in [0, 0.1) is 0 Å². The number of hydrogen-bond acceptors (Lipinski definition) is 8. The highest BCUT2D eigenvalue weighted by atomic mass is 16.6. The van der Waals surface area contributed by atoms with E-state index in [0.717, 1.165) is 33.2 Å². The summed E-state index contributed by atoms with van der Waals surface area (Å²) in [6, 6.07) is 29.3. The summed E-state index contributed by atoms with van der Waals surface area (Å²) in [7, 11) is 0. The number of carbonyl (C=O) groups excluding carboxylic acids is 6. The molecule has 2 aliphatic heterocycles. The number of carbonyl (C=O) groups is 6. The Morgan fingerprint density at radius 3 is 1.29 bits per heavy atom. The molecular formula is C52H58N8O8. The molecule has 16 nitrogen and oxygen atoms in total. The molecule has 4 atom stereocenters. The van der Waals surface area contributed by atoms with E-state index in [2.05, 4.69) is 31.2 Å². The van der Waals surface area contributed by atoms with Gasteiger partial charge in [-0.2, -0.15) is 0 Å². The lowest BCUT2D eigenvalue weighted by atomic mass is 10.0. The Labute approximate surface area is 394 Å². The van der Waals surface area contributed by atoms with Gasteiger partial charge in [0.1, 0.15) is 35.4 Å². The number of fused-ring (bicyclic) bond motifs is 2. The largest absolute Gasteiger partial charge is 0.444 e. The first-order chi connectivity index (χ1) is 32.4. The predicted molar refractivity (Wildman–Crippen MR) is 259 cm³/mol. The molecule has 2 fully saturated rings. The summed E-state index contributed by atoms with van der Waals surface area (Å²) in [5, 5.41) is 13.2. The second kappa shape index (κ2) is 19.3. The number of ether oxygens (including phenoxy) is 2. The van der Waals surface area contributed by atoms with E-state index in [0.29, 0.717) is 61.3 Å². The summed E-state index contributed by atoms with van der Waals surface area (Å²) in [6.07, 6.45) is 0.737. The van der Waals surface area contributed by atoms with Gasteiger partial charge in [-0.05, 0) is 127 Å². The van der Waals surface area contributed by atoms with Crippen LogP contribution in [0.15, 0.2) is 109 Å². The third-order valence-corrected chi connectivity index (χ3v) is 11.8. The van der Waals surface area contributed by atoms with Gasteiger partial charge in [-0.15, -0.1) is 0 Å². The summed E-state index contributed by atoms with van der Waals surface area (Å²) in [6.45, 7) is 11.2. The Balaban J connectivity index is 0.929. The summed E-state index contributed by atoms with van der Waals surface area (Å²) in [5.41, 5.74) is 4.04. The second-order valence-corrected chi connectivity index (χ2v) is 19.3. The van der Waals surface area contributed by atoms with E-state index in [9.17, 15) is 28.8 Å². The molecule has 2 aliphatic rings. The van der Waals surface area contributed by atoms with Crippen molar-refractivity contribution in [1.82, 2.24) is 30.4 Å². The standard InChI is InChI=1S/C52H58N8O8/c1-51(2,3)67-49(65)57-43(31-15-9-7-10-16-31)47(63)59-25-13-19-41(59)45(61)53-35-21-23-37-33(27-35)29-39(55-37)40-30-34-28-36(22-24-38(34)56-40)54-46(62)42-20-14-26-60(42)48(64)44(32-17-11-8-12-18-32)58-50(66)68-52(4,5)6/h7-12,15-18,21-24,27-30,41-44,55-56H,13-14,19-20,25-26H2,1-6H3,(H,53,61)(H,54,62)(H,57,65)(H,58,66)/t41-,42?,43+,44+/m0/s1. The maximum Gasteiger partial charge on any atom is 0.408 e. The number of hydrogen-bond donors (Lipinski definition) is 6. The maximum atomic E-state index is 14.1. The lowest BCUT2D eigenvalue weighted by molar-refractivity contribution is -0.138. The molecule has 2 aromatic heterocycles. The van der Waals surface area contributed by atoms with Crippen molar-refractivity contribution in [1.29, 1.82) is 0 Å². The fourth-order valence-corrected chi connectivity index (χ4v) is 8.82. The SMILES string of the molecule is CC(C)(C)OC(=O)N[C@@H](C(=O)N1CCCC1C(=O)Nc1ccc2[nH]c(-c3cc4cc(NC(=O)[C@@H]5CCCN5C(=O)[C@H](NC(=O)OC(C)(C)C)c5ccccc5)ccc4[nH]3)cc2c1)c1ccccc1. The zero-order valence-corrected chi connectivity index (χ0v) is 39.1. The number of aromatic amines is 2. The van der Waals surface area contributed by atoms with Crippen molar-refractivity contribution in [3.63, 3.8) is 0 Å². The van der Waals surface area contributed by atoms with E-state index in [4.69, 9.17) is 9.47 Å². The number of rotatable bonds is 11. The molecule has 0 bridgehead atoms. The number of anilines is 2. The molecule has 6 aromatic rings. The minimum absolute atomic E-state index is 0.327. The van der Waals surface area contributed by atoms with Crippen LogP contribution in [0.1, 0.15) is 90.4 Å². The van der Waals surface area contributed by atoms with E-state index < -0.39 is 59.4 Å². The average molecular weight is 923 g/mol. The van der Waals surface area contributed by atoms with Gasteiger partial charge >= 0.3 is 12.2 Å². The molecule has 68 heavy (non-hydrogen) atoms. The van der Waals surface area contributed by atoms with E-state index in [1.807, 2.05) is 48.5 Å². The molecule has 2 saturated heterocycles. The third kappa shape index (κ3) is 11.0. The molecule has 8 rings (SSSR count). The van der Waals surface area contributed by atoms with Crippen LogP contribution in [0.2, 0.25) is 0 Å². The number of nitrogens with zero attached hydrogens (tertiary/aromatic N) is 2. The fourth-order valence-electron chi connectivity index (χ4n) is 8.82. The second-order valence-electron chi connectivity index (χ2n) is 19.3. The highest BCUT2D eigenvalue weighted by molar-refractivity contribution is 6.02. The Morgan fingerprint density at radius 1 is 0.544 bits per heavy atom. The Hall–Kier alpha value is -7.62. The molecule has 0 radical (unpaired) electrons. The zero-order chi connectivity index (χ0) is 48.3. The van der Waals surface area contributed by atoms with Crippen LogP contribution < -0.4 is 21.3 Å². The molecule has 0 spiro atoms. The van der Waals surface area contributed by atoms with Crippen molar-refractivity contribution in [2.24, 2.45) is 0 Å². The van der Waals surface area contributed by atoms with Crippen LogP contribution in [-0.2, 0) is 28.7 Å². The van der Waals surface area contributed by atoms with Crippen molar-refractivity contribution < 1.29 is 38.2 Å². The molecule has 4 aromatic carbocycles. The number of H-pyrrole nitrogens is 2. The predicted octanol–water partition coefficient (Wildman–Crippen LogP) is 8.71. The summed E-state index contributed by atoms with van der Waals surface area (Å²) in [5.74, 6) is -1.44. The van der Waals surface area contributed by atoms with Gasteiger partial charge in [0, 0.05) is 46.3 Å². The normalized spacial score (nSPS) is 17.1. The van der Waals surface area contributed by atoms with E-state index in [1.54, 1.807) is 102 Å². The van der Waals surface area contributed by atoms with Crippen molar-refractivity contribution in [3.8, 4) is 11.4 Å². The van der Waals surface area contributed by atoms with Gasteiger partial charge in [0.05, 0.1) is 11.4 Å². The highest BCUT2D eigenvalue weighted by Crippen LogP contribution is 2.32. The molecular weight excluding hydrogens is 865 g/mol. The van der Waals surface area contributed by atoms with Crippen LogP contribution in [0.3, 0.4) is 0 Å². The van der Waals surface area contributed by atoms with Gasteiger partial charge in [-0.1, -0.05) is 60.7 Å².